The Labute approximate surface area is 119 Å². The molecule has 0 unspecified atom stereocenters. The summed E-state index contributed by atoms with van der Waals surface area (Å²) in [5.74, 6) is 0. The first kappa shape index (κ1) is 14.1. The van der Waals surface area contributed by atoms with Crippen molar-refractivity contribution < 1.29 is 13.2 Å². The van der Waals surface area contributed by atoms with Crippen molar-refractivity contribution in [1.29, 1.82) is 0 Å². The van der Waals surface area contributed by atoms with Gasteiger partial charge in [-0.25, -0.2) is 0 Å². The van der Waals surface area contributed by atoms with Crippen LogP contribution in [-0.2, 0) is 6.18 Å². The number of hydrogen-bond acceptors (Lipinski definition) is 0. The van der Waals surface area contributed by atoms with Crippen molar-refractivity contribution in [3.8, 4) is 0 Å². The number of benzene rings is 1. The van der Waals surface area contributed by atoms with E-state index in [9.17, 15) is 13.2 Å². The molecule has 1 heterocycles. The highest BCUT2D eigenvalue weighted by Gasteiger charge is 2.46. The van der Waals surface area contributed by atoms with Crippen LogP contribution >= 0.6 is 22.6 Å². The average Bonchev–Trinajstić information content (AvgIpc) is 2.96. The number of alkyl halides is 3. The molecule has 0 atom stereocenters. The first-order chi connectivity index (χ1) is 8.30. The summed E-state index contributed by atoms with van der Waals surface area (Å²) in [4.78, 5) is 0. The van der Waals surface area contributed by atoms with Gasteiger partial charge in [-0.15, -0.1) is 0 Å². The molecule has 100 valence electrons. The summed E-state index contributed by atoms with van der Waals surface area (Å²) in [6, 6.07) is 2.56. The van der Waals surface area contributed by atoms with Gasteiger partial charge in [0, 0.05) is 5.56 Å². The fourth-order valence-electron chi connectivity index (χ4n) is 2.61. The SMILES string of the molecule is CCC[N+]1(c2c(C)cc(C(F)(F)F)cc2I)CC1. The topological polar surface area (TPSA) is 0 Å². The average molecular weight is 370 g/mol. The summed E-state index contributed by atoms with van der Waals surface area (Å²) in [6.45, 7) is 7.03. The van der Waals surface area contributed by atoms with Gasteiger partial charge in [-0.1, -0.05) is 6.92 Å². The third-order valence-corrected chi connectivity index (χ3v) is 4.29. The van der Waals surface area contributed by atoms with Gasteiger partial charge in [0.15, 0.2) is 0 Å². The quantitative estimate of drug-likeness (QED) is 0.422. The summed E-state index contributed by atoms with van der Waals surface area (Å²) < 4.78 is 39.8. The largest absolute Gasteiger partial charge is 0.416 e. The molecule has 1 aliphatic heterocycles. The van der Waals surface area contributed by atoms with Gasteiger partial charge in [0.25, 0.3) is 0 Å². The smallest absolute Gasteiger partial charge is 0.281 e. The maximum absolute atomic E-state index is 12.7. The Hall–Kier alpha value is -0.300. The molecule has 0 aromatic heterocycles. The predicted octanol–water partition coefficient (Wildman–Crippen LogP) is 4.35. The Kier molecular flexibility index (Phi) is 3.66. The zero-order chi connectivity index (χ0) is 13.6. The molecule has 1 aliphatic rings. The summed E-state index contributed by atoms with van der Waals surface area (Å²) in [5, 5.41) is 0. The molecule has 5 heteroatoms. The lowest BCUT2D eigenvalue weighted by Crippen LogP contribution is -2.29. The molecule has 0 N–H and O–H groups in total. The summed E-state index contributed by atoms with van der Waals surface area (Å²) in [5.41, 5.74) is 1.32. The molecule has 0 spiro atoms. The van der Waals surface area contributed by atoms with Crippen LogP contribution in [0.3, 0.4) is 0 Å². The zero-order valence-corrected chi connectivity index (χ0v) is 12.6. The number of aryl methyl sites for hydroxylation is 1. The fourth-order valence-corrected chi connectivity index (χ4v) is 3.88. The Morgan fingerprint density at radius 1 is 1.28 bits per heavy atom. The number of quaternary nitrogens is 1. The molecule has 2 rings (SSSR count). The maximum atomic E-state index is 12.7. The second-order valence-electron chi connectivity index (χ2n) is 4.94. The minimum Gasteiger partial charge on any atom is -0.281 e. The summed E-state index contributed by atoms with van der Waals surface area (Å²) in [7, 11) is 0. The van der Waals surface area contributed by atoms with Gasteiger partial charge in [0.2, 0.25) is 0 Å². The minimum absolute atomic E-state index is 0.537. The van der Waals surface area contributed by atoms with E-state index in [0.717, 1.165) is 45.4 Å². The summed E-state index contributed by atoms with van der Waals surface area (Å²) in [6.07, 6.45) is -3.20. The maximum Gasteiger partial charge on any atom is 0.416 e. The van der Waals surface area contributed by atoms with Gasteiger partial charge in [-0.3, -0.25) is 4.48 Å². The Morgan fingerprint density at radius 2 is 1.89 bits per heavy atom. The van der Waals surface area contributed by atoms with E-state index < -0.39 is 11.7 Å². The molecule has 18 heavy (non-hydrogen) atoms. The molecule has 0 saturated carbocycles. The molecule has 0 bridgehead atoms. The minimum atomic E-state index is -4.25. The molecule has 1 aromatic rings. The van der Waals surface area contributed by atoms with Crippen molar-refractivity contribution in [3.05, 3.63) is 26.8 Å². The van der Waals surface area contributed by atoms with Crippen molar-refractivity contribution in [3.63, 3.8) is 0 Å². The van der Waals surface area contributed by atoms with Crippen LogP contribution < -0.4 is 4.48 Å². The van der Waals surface area contributed by atoms with Crippen molar-refractivity contribution in [2.24, 2.45) is 0 Å². The summed E-state index contributed by atoms with van der Waals surface area (Å²) >= 11 is 2.04. The Balaban J connectivity index is 2.46. The van der Waals surface area contributed by atoms with Crippen molar-refractivity contribution in [2.75, 3.05) is 19.6 Å². The van der Waals surface area contributed by atoms with Gasteiger partial charge in [-0.2, -0.15) is 13.2 Å². The lowest BCUT2D eigenvalue weighted by atomic mass is 10.1. The van der Waals surface area contributed by atoms with E-state index in [4.69, 9.17) is 0 Å². The highest BCUT2D eigenvalue weighted by molar-refractivity contribution is 14.1. The van der Waals surface area contributed by atoms with Crippen LogP contribution in [0.25, 0.3) is 0 Å². The van der Waals surface area contributed by atoms with Crippen LogP contribution in [0.1, 0.15) is 24.5 Å². The lowest BCUT2D eigenvalue weighted by molar-refractivity contribution is -0.137. The first-order valence-corrected chi connectivity index (χ1v) is 7.12. The van der Waals surface area contributed by atoms with Crippen molar-refractivity contribution >= 4 is 28.3 Å². The molecular formula is C13H16F3IN+. The first-order valence-electron chi connectivity index (χ1n) is 6.04. The number of hydrogen-bond donors (Lipinski definition) is 0. The molecule has 1 nitrogen and oxygen atoms in total. The highest BCUT2D eigenvalue weighted by Crippen LogP contribution is 2.42. The van der Waals surface area contributed by atoms with Crippen LogP contribution in [0.5, 0.6) is 0 Å². The van der Waals surface area contributed by atoms with Crippen LogP contribution in [-0.4, -0.2) is 19.6 Å². The van der Waals surface area contributed by atoms with E-state index in [0.29, 0.717) is 0 Å². The van der Waals surface area contributed by atoms with E-state index in [-0.39, 0.29) is 0 Å². The molecule has 0 aliphatic carbocycles. The highest BCUT2D eigenvalue weighted by atomic mass is 127. The molecule has 1 fully saturated rings. The van der Waals surface area contributed by atoms with Gasteiger partial charge >= 0.3 is 6.18 Å². The Bertz CT molecular complexity index is 441. The van der Waals surface area contributed by atoms with E-state index in [1.54, 1.807) is 6.92 Å². The van der Waals surface area contributed by atoms with E-state index in [1.165, 1.54) is 12.1 Å². The Morgan fingerprint density at radius 3 is 2.28 bits per heavy atom. The molecular weight excluding hydrogens is 354 g/mol. The lowest BCUT2D eigenvalue weighted by Gasteiger charge is -2.22. The van der Waals surface area contributed by atoms with Gasteiger partial charge in [0.05, 0.1) is 15.7 Å². The van der Waals surface area contributed by atoms with Crippen LogP contribution in [0.15, 0.2) is 12.1 Å². The van der Waals surface area contributed by atoms with Gasteiger partial charge in [0.1, 0.15) is 18.8 Å². The van der Waals surface area contributed by atoms with E-state index >= 15 is 0 Å². The van der Waals surface area contributed by atoms with Gasteiger partial charge in [-0.05, 0) is 48.1 Å². The van der Waals surface area contributed by atoms with Crippen LogP contribution in [0.2, 0.25) is 0 Å². The fraction of sp³-hybridized carbons (Fsp3) is 0.538. The molecule has 0 radical (unpaired) electrons. The predicted molar refractivity (Wildman–Crippen MR) is 75.6 cm³/mol. The van der Waals surface area contributed by atoms with Crippen molar-refractivity contribution in [2.45, 2.75) is 26.4 Å². The van der Waals surface area contributed by atoms with Crippen LogP contribution in [0.4, 0.5) is 18.9 Å². The molecule has 1 aromatic carbocycles. The number of rotatable bonds is 3. The normalized spacial score (nSPS) is 17.9. The second kappa shape index (κ2) is 4.67. The third-order valence-electron chi connectivity index (χ3n) is 3.47. The zero-order valence-electron chi connectivity index (χ0n) is 10.4. The standard InChI is InChI=1S/C13H16F3IN/c1-3-4-18(5-6-18)12-9(2)7-10(8-11(12)17)13(14,15)16/h7-8H,3-6H2,1-2H3/q+1. The molecule has 0 amide bonds. The second-order valence-corrected chi connectivity index (χ2v) is 6.10. The third kappa shape index (κ3) is 2.52. The number of nitrogens with zero attached hydrogens (tertiary/aromatic N) is 1. The monoisotopic (exact) mass is 370 g/mol. The van der Waals surface area contributed by atoms with E-state index in [2.05, 4.69) is 6.92 Å². The number of halogens is 4. The van der Waals surface area contributed by atoms with Crippen LogP contribution in [0, 0.1) is 10.5 Å². The van der Waals surface area contributed by atoms with Crippen molar-refractivity contribution in [1.82, 2.24) is 4.48 Å². The molecule has 1 saturated heterocycles. The van der Waals surface area contributed by atoms with Gasteiger partial charge < -0.3 is 0 Å². The van der Waals surface area contributed by atoms with E-state index in [1.807, 2.05) is 22.6 Å².